The molecule has 0 saturated heterocycles. The summed E-state index contributed by atoms with van der Waals surface area (Å²) >= 11 is 0. The van der Waals surface area contributed by atoms with E-state index in [9.17, 15) is 9.59 Å². The maximum Gasteiger partial charge on any atom is 0.408 e. The number of hydrogen-bond donors (Lipinski definition) is 2. The minimum Gasteiger partial charge on any atom is -0.445 e. The SMILES string of the molecule is C[C@@H](NC(=O)OCc1ccccc1)C(=O)NCc1cccnc1. The van der Waals surface area contributed by atoms with E-state index in [1.54, 1.807) is 25.4 Å². The Bertz CT molecular complexity index is 632. The van der Waals surface area contributed by atoms with Crippen molar-refractivity contribution in [2.24, 2.45) is 0 Å². The summed E-state index contributed by atoms with van der Waals surface area (Å²) in [5.41, 5.74) is 1.77. The lowest BCUT2D eigenvalue weighted by molar-refractivity contribution is -0.122. The van der Waals surface area contributed by atoms with Gasteiger partial charge in [-0.2, -0.15) is 0 Å². The highest BCUT2D eigenvalue weighted by atomic mass is 16.5. The van der Waals surface area contributed by atoms with Gasteiger partial charge in [0.2, 0.25) is 5.91 Å². The molecule has 0 saturated carbocycles. The summed E-state index contributed by atoms with van der Waals surface area (Å²) in [7, 11) is 0. The van der Waals surface area contributed by atoms with Gasteiger partial charge in [-0.15, -0.1) is 0 Å². The molecule has 0 bridgehead atoms. The predicted molar refractivity (Wildman–Crippen MR) is 85.3 cm³/mol. The summed E-state index contributed by atoms with van der Waals surface area (Å²) in [6.45, 7) is 2.12. The van der Waals surface area contributed by atoms with Crippen LogP contribution in [0.3, 0.4) is 0 Å². The second-order valence-corrected chi connectivity index (χ2v) is 5.01. The van der Waals surface area contributed by atoms with Crippen LogP contribution in [0.15, 0.2) is 54.9 Å². The topological polar surface area (TPSA) is 80.3 Å². The van der Waals surface area contributed by atoms with Crippen LogP contribution >= 0.6 is 0 Å². The summed E-state index contributed by atoms with van der Waals surface area (Å²) in [5, 5.41) is 5.23. The van der Waals surface area contributed by atoms with E-state index < -0.39 is 12.1 Å². The van der Waals surface area contributed by atoms with E-state index in [0.29, 0.717) is 6.54 Å². The molecule has 0 aliphatic carbocycles. The Balaban J connectivity index is 1.71. The second kappa shape index (κ2) is 8.53. The third-order valence-corrected chi connectivity index (χ3v) is 3.13. The van der Waals surface area contributed by atoms with Crippen molar-refractivity contribution in [2.45, 2.75) is 26.1 Å². The smallest absolute Gasteiger partial charge is 0.408 e. The van der Waals surface area contributed by atoms with Crippen LogP contribution in [0.5, 0.6) is 0 Å². The average Bonchev–Trinajstić information content (AvgIpc) is 2.59. The number of alkyl carbamates (subject to hydrolysis) is 1. The number of ether oxygens (including phenoxy) is 1. The molecule has 1 heterocycles. The first-order valence-corrected chi connectivity index (χ1v) is 7.29. The molecule has 0 spiro atoms. The molecule has 2 aromatic rings. The van der Waals surface area contributed by atoms with Crippen molar-refractivity contribution < 1.29 is 14.3 Å². The first kappa shape index (κ1) is 16.5. The first-order chi connectivity index (χ1) is 11.1. The summed E-state index contributed by atoms with van der Waals surface area (Å²) in [6, 6.07) is 12.3. The quantitative estimate of drug-likeness (QED) is 0.855. The molecular weight excluding hydrogens is 294 g/mol. The van der Waals surface area contributed by atoms with Gasteiger partial charge >= 0.3 is 6.09 Å². The van der Waals surface area contributed by atoms with Crippen molar-refractivity contribution in [3.8, 4) is 0 Å². The van der Waals surface area contributed by atoms with Gasteiger partial charge in [0, 0.05) is 18.9 Å². The van der Waals surface area contributed by atoms with Crippen molar-refractivity contribution >= 4 is 12.0 Å². The van der Waals surface area contributed by atoms with Gasteiger partial charge < -0.3 is 15.4 Å². The van der Waals surface area contributed by atoms with Gasteiger partial charge in [0.1, 0.15) is 12.6 Å². The van der Waals surface area contributed by atoms with Crippen LogP contribution in [0.2, 0.25) is 0 Å². The number of amides is 2. The molecule has 1 atom stereocenters. The fourth-order valence-corrected chi connectivity index (χ4v) is 1.85. The number of nitrogens with zero attached hydrogens (tertiary/aromatic N) is 1. The Morgan fingerprint density at radius 1 is 1.13 bits per heavy atom. The average molecular weight is 313 g/mol. The number of pyridine rings is 1. The third-order valence-electron chi connectivity index (χ3n) is 3.13. The van der Waals surface area contributed by atoms with Crippen molar-refractivity contribution in [1.82, 2.24) is 15.6 Å². The van der Waals surface area contributed by atoms with Crippen molar-refractivity contribution in [3.63, 3.8) is 0 Å². The lowest BCUT2D eigenvalue weighted by Crippen LogP contribution is -2.44. The minimum atomic E-state index is -0.685. The highest BCUT2D eigenvalue weighted by molar-refractivity contribution is 5.85. The molecule has 1 aromatic heterocycles. The van der Waals surface area contributed by atoms with E-state index in [4.69, 9.17) is 4.74 Å². The Hall–Kier alpha value is -2.89. The van der Waals surface area contributed by atoms with Gasteiger partial charge in [0.25, 0.3) is 0 Å². The number of rotatable bonds is 6. The second-order valence-electron chi connectivity index (χ2n) is 5.01. The monoisotopic (exact) mass is 313 g/mol. The van der Waals surface area contributed by atoms with Crippen molar-refractivity contribution in [1.29, 1.82) is 0 Å². The molecule has 6 heteroatoms. The van der Waals surface area contributed by atoms with Crippen LogP contribution in [0.1, 0.15) is 18.1 Å². The van der Waals surface area contributed by atoms with E-state index in [1.165, 1.54) is 0 Å². The predicted octanol–water partition coefficient (Wildman–Crippen LogP) is 2.01. The molecule has 6 nitrogen and oxygen atoms in total. The van der Waals surface area contributed by atoms with Gasteiger partial charge in [-0.1, -0.05) is 36.4 Å². The fourth-order valence-electron chi connectivity index (χ4n) is 1.85. The maximum absolute atomic E-state index is 11.9. The summed E-state index contributed by atoms with van der Waals surface area (Å²) in [5.74, 6) is -0.287. The normalized spacial score (nSPS) is 11.3. The zero-order valence-electron chi connectivity index (χ0n) is 12.9. The molecule has 0 fully saturated rings. The van der Waals surface area contributed by atoms with E-state index in [-0.39, 0.29) is 12.5 Å². The summed E-state index contributed by atoms with van der Waals surface area (Å²) < 4.78 is 5.07. The number of benzene rings is 1. The minimum absolute atomic E-state index is 0.163. The van der Waals surface area contributed by atoms with Gasteiger partial charge in [-0.3, -0.25) is 9.78 Å². The van der Waals surface area contributed by atoms with E-state index >= 15 is 0 Å². The van der Waals surface area contributed by atoms with Crippen LogP contribution < -0.4 is 10.6 Å². The molecule has 2 N–H and O–H groups in total. The molecule has 120 valence electrons. The van der Waals surface area contributed by atoms with E-state index in [0.717, 1.165) is 11.1 Å². The van der Waals surface area contributed by atoms with Crippen LogP contribution in [0, 0.1) is 0 Å². The van der Waals surface area contributed by atoms with Crippen LogP contribution in [-0.2, 0) is 22.7 Å². The molecule has 2 rings (SSSR count). The Labute approximate surface area is 134 Å². The van der Waals surface area contributed by atoms with Crippen molar-refractivity contribution in [3.05, 3.63) is 66.0 Å². The number of carbonyl (C=O) groups is 2. The van der Waals surface area contributed by atoms with Crippen LogP contribution in [-0.4, -0.2) is 23.0 Å². The Kier molecular flexibility index (Phi) is 6.11. The zero-order chi connectivity index (χ0) is 16.5. The highest BCUT2D eigenvalue weighted by Crippen LogP contribution is 2.01. The molecule has 0 aliphatic heterocycles. The van der Waals surface area contributed by atoms with Crippen LogP contribution in [0.25, 0.3) is 0 Å². The number of nitrogens with one attached hydrogen (secondary N) is 2. The van der Waals surface area contributed by atoms with Crippen molar-refractivity contribution in [2.75, 3.05) is 0 Å². The molecule has 2 amide bonds. The van der Waals surface area contributed by atoms with E-state index in [1.807, 2.05) is 36.4 Å². The van der Waals surface area contributed by atoms with Gasteiger partial charge in [0.05, 0.1) is 0 Å². The van der Waals surface area contributed by atoms with Crippen LogP contribution in [0.4, 0.5) is 4.79 Å². The Morgan fingerprint density at radius 3 is 2.57 bits per heavy atom. The molecule has 0 radical (unpaired) electrons. The summed E-state index contributed by atoms with van der Waals surface area (Å²) in [4.78, 5) is 27.6. The molecule has 0 aliphatic rings. The van der Waals surface area contributed by atoms with Gasteiger partial charge in [-0.25, -0.2) is 4.79 Å². The lowest BCUT2D eigenvalue weighted by atomic mass is 10.2. The standard InChI is InChI=1S/C17H19N3O3/c1-13(16(21)19-11-15-8-5-9-18-10-15)20-17(22)23-12-14-6-3-2-4-7-14/h2-10,13H,11-12H2,1H3,(H,19,21)(H,20,22)/t13-/m1/s1. The molecule has 0 unspecified atom stereocenters. The first-order valence-electron chi connectivity index (χ1n) is 7.29. The fraction of sp³-hybridized carbons (Fsp3) is 0.235. The zero-order valence-corrected chi connectivity index (χ0v) is 12.9. The molecule has 23 heavy (non-hydrogen) atoms. The largest absolute Gasteiger partial charge is 0.445 e. The summed E-state index contributed by atoms with van der Waals surface area (Å²) in [6.07, 6.45) is 2.71. The lowest BCUT2D eigenvalue weighted by Gasteiger charge is -2.14. The third kappa shape index (κ3) is 5.78. The Morgan fingerprint density at radius 2 is 1.87 bits per heavy atom. The van der Waals surface area contributed by atoms with Gasteiger partial charge in [-0.05, 0) is 24.1 Å². The molecule has 1 aromatic carbocycles. The van der Waals surface area contributed by atoms with E-state index in [2.05, 4.69) is 15.6 Å². The number of carbonyl (C=O) groups excluding carboxylic acids is 2. The highest BCUT2D eigenvalue weighted by Gasteiger charge is 2.16. The number of hydrogen-bond acceptors (Lipinski definition) is 4. The van der Waals surface area contributed by atoms with Gasteiger partial charge in [0.15, 0.2) is 0 Å². The molecular formula is C17H19N3O3. The number of aromatic nitrogens is 1. The maximum atomic E-state index is 11.9.